The summed E-state index contributed by atoms with van der Waals surface area (Å²) in [6.45, 7) is 4.43. The lowest BCUT2D eigenvalue weighted by Gasteiger charge is -2.22. The van der Waals surface area contributed by atoms with Crippen molar-refractivity contribution in [2.45, 2.75) is 13.8 Å². The normalized spacial score (nSPS) is 10.8. The summed E-state index contributed by atoms with van der Waals surface area (Å²) in [5.74, 6) is 0.405. The lowest BCUT2D eigenvalue weighted by molar-refractivity contribution is -0.117. The van der Waals surface area contributed by atoms with Crippen LogP contribution in [0.1, 0.15) is 21.5 Å². The highest BCUT2D eigenvalue weighted by Crippen LogP contribution is 2.27. The lowest BCUT2D eigenvalue weighted by Crippen LogP contribution is -2.40. The molecule has 0 unspecified atom stereocenters. The number of nitrogens with one attached hydrogen (secondary N) is 1. The first-order valence-electron chi connectivity index (χ1n) is 12.4. The molecular formula is C30H31ClN4O4. The fourth-order valence-corrected chi connectivity index (χ4v) is 4.13. The summed E-state index contributed by atoms with van der Waals surface area (Å²) >= 11 is 5.97. The highest BCUT2D eigenvalue weighted by Gasteiger charge is 2.21. The Kier molecular flexibility index (Phi) is 9.01. The van der Waals surface area contributed by atoms with E-state index in [0.717, 1.165) is 28.1 Å². The van der Waals surface area contributed by atoms with E-state index in [-0.39, 0.29) is 31.5 Å². The van der Waals surface area contributed by atoms with Crippen LogP contribution in [0, 0.1) is 13.8 Å². The van der Waals surface area contributed by atoms with Crippen LogP contribution in [-0.4, -0.2) is 60.2 Å². The van der Waals surface area contributed by atoms with Gasteiger partial charge in [0.05, 0.1) is 19.4 Å². The molecule has 1 heterocycles. The summed E-state index contributed by atoms with van der Waals surface area (Å²) in [4.78, 5) is 32.6. The van der Waals surface area contributed by atoms with Gasteiger partial charge in [0.25, 0.3) is 5.91 Å². The number of benzene rings is 3. The summed E-state index contributed by atoms with van der Waals surface area (Å²) in [6, 6.07) is 20.1. The number of imidazole rings is 1. The number of halogens is 1. The van der Waals surface area contributed by atoms with E-state index >= 15 is 0 Å². The Labute approximate surface area is 233 Å². The average Bonchev–Trinajstić information content (AvgIpc) is 3.36. The van der Waals surface area contributed by atoms with Crippen LogP contribution in [0.3, 0.4) is 0 Å². The van der Waals surface area contributed by atoms with E-state index in [0.29, 0.717) is 22.2 Å². The van der Waals surface area contributed by atoms with Crippen LogP contribution in [0.25, 0.3) is 16.9 Å². The first-order valence-corrected chi connectivity index (χ1v) is 12.8. The van der Waals surface area contributed by atoms with Crippen molar-refractivity contribution in [1.29, 1.82) is 0 Å². The van der Waals surface area contributed by atoms with Crippen LogP contribution in [0.2, 0.25) is 5.02 Å². The highest BCUT2D eigenvalue weighted by atomic mass is 35.5. The van der Waals surface area contributed by atoms with E-state index in [4.69, 9.17) is 26.1 Å². The van der Waals surface area contributed by atoms with Gasteiger partial charge in [-0.2, -0.15) is 0 Å². The molecule has 0 saturated heterocycles. The van der Waals surface area contributed by atoms with Crippen LogP contribution in [0.15, 0.2) is 72.9 Å². The van der Waals surface area contributed by atoms with Crippen molar-refractivity contribution >= 4 is 29.4 Å². The second kappa shape index (κ2) is 12.6. The van der Waals surface area contributed by atoms with Gasteiger partial charge in [-0.25, -0.2) is 4.98 Å². The Hall–Kier alpha value is -4.14. The number of rotatable bonds is 10. The molecule has 2 amide bonds. The van der Waals surface area contributed by atoms with Gasteiger partial charge in [-0.15, -0.1) is 0 Å². The summed E-state index contributed by atoms with van der Waals surface area (Å²) in [5, 5.41) is 3.44. The van der Waals surface area contributed by atoms with Gasteiger partial charge in [0.15, 0.2) is 0 Å². The van der Waals surface area contributed by atoms with E-state index in [1.165, 1.54) is 4.90 Å². The molecule has 1 aromatic heterocycles. The molecule has 0 fully saturated rings. The van der Waals surface area contributed by atoms with Crippen LogP contribution >= 0.6 is 11.6 Å². The third kappa shape index (κ3) is 6.85. The zero-order valence-corrected chi connectivity index (χ0v) is 23.2. The molecule has 3 aromatic carbocycles. The van der Waals surface area contributed by atoms with Gasteiger partial charge in [-0.3, -0.25) is 19.5 Å². The number of carbonyl (C=O) groups excluding carboxylic acids is 2. The molecular weight excluding hydrogens is 516 g/mol. The number of ether oxygens (including phenoxy) is 2. The number of hydrogen-bond acceptors (Lipinski definition) is 5. The number of aromatic nitrogens is 2. The molecule has 4 aromatic rings. The van der Waals surface area contributed by atoms with Crippen LogP contribution in [-0.2, 0) is 9.53 Å². The van der Waals surface area contributed by atoms with Gasteiger partial charge < -0.3 is 14.4 Å². The van der Waals surface area contributed by atoms with E-state index in [1.807, 2.05) is 67.1 Å². The lowest BCUT2D eigenvalue weighted by atomic mass is 10.1. The fraction of sp³-hybridized carbons (Fsp3) is 0.233. The molecule has 0 saturated carbocycles. The molecule has 39 heavy (non-hydrogen) atoms. The quantitative estimate of drug-likeness (QED) is 0.282. The van der Waals surface area contributed by atoms with Gasteiger partial charge in [0.1, 0.15) is 12.3 Å². The van der Waals surface area contributed by atoms with E-state index in [2.05, 4.69) is 5.32 Å². The molecule has 0 aliphatic heterocycles. The molecule has 0 radical (unpaired) electrons. The third-order valence-electron chi connectivity index (χ3n) is 6.39. The van der Waals surface area contributed by atoms with E-state index in [1.54, 1.807) is 38.5 Å². The van der Waals surface area contributed by atoms with Crippen LogP contribution in [0.4, 0.5) is 5.95 Å². The largest absolute Gasteiger partial charge is 0.497 e. The Morgan fingerprint density at radius 1 is 0.974 bits per heavy atom. The van der Waals surface area contributed by atoms with Crippen LogP contribution in [0.5, 0.6) is 5.75 Å². The molecule has 1 N–H and O–H groups in total. The van der Waals surface area contributed by atoms with Crippen molar-refractivity contribution in [1.82, 2.24) is 14.5 Å². The first-order chi connectivity index (χ1) is 18.8. The topological polar surface area (TPSA) is 85.7 Å². The second-order valence-corrected chi connectivity index (χ2v) is 9.53. The molecule has 202 valence electrons. The summed E-state index contributed by atoms with van der Waals surface area (Å²) in [5.41, 5.74) is 5.11. The Bertz CT molecular complexity index is 1450. The smallest absolute Gasteiger partial charge is 0.254 e. The zero-order valence-electron chi connectivity index (χ0n) is 22.4. The molecule has 0 bridgehead atoms. The number of methoxy groups -OCH3 is 2. The minimum Gasteiger partial charge on any atom is -0.497 e. The Morgan fingerprint density at radius 2 is 1.69 bits per heavy atom. The number of aryl methyl sites for hydroxylation is 2. The van der Waals surface area contributed by atoms with Gasteiger partial charge in [-0.1, -0.05) is 17.7 Å². The number of hydrogen-bond donors (Lipinski definition) is 1. The zero-order chi connectivity index (χ0) is 27.9. The van der Waals surface area contributed by atoms with Crippen molar-refractivity contribution in [3.05, 3.63) is 94.6 Å². The van der Waals surface area contributed by atoms with Crippen molar-refractivity contribution in [3.8, 4) is 22.7 Å². The van der Waals surface area contributed by atoms with E-state index in [9.17, 15) is 9.59 Å². The molecule has 9 heteroatoms. The monoisotopic (exact) mass is 546 g/mol. The third-order valence-corrected chi connectivity index (χ3v) is 6.64. The Morgan fingerprint density at radius 3 is 2.33 bits per heavy atom. The molecule has 0 aliphatic carbocycles. The van der Waals surface area contributed by atoms with Crippen molar-refractivity contribution < 1.29 is 19.1 Å². The van der Waals surface area contributed by atoms with Crippen LogP contribution < -0.4 is 10.1 Å². The standard InChI is InChI=1S/C30H31ClN4O4/c1-20-5-12-25(17-21(20)2)35-18-27(22-8-13-26(39-4)14-9-22)32-30(35)33-28(36)19-34(15-16-38-3)29(37)23-6-10-24(31)11-7-23/h5-14,17-18H,15-16,19H2,1-4H3,(H,32,33,36). The van der Waals surface area contributed by atoms with Crippen molar-refractivity contribution in [3.63, 3.8) is 0 Å². The van der Waals surface area contributed by atoms with Gasteiger partial charge in [0, 0.05) is 41.7 Å². The fourth-order valence-electron chi connectivity index (χ4n) is 4.01. The van der Waals surface area contributed by atoms with Gasteiger partial charge >= 0.3 is 0 Å². The van der Waals surface area contributed by atoms with Crippen molar-refractivity contribution in [2.24, 2.45) is 0 Å². The first kappa shape index (κ1) is 27.9. The molecule has 8 nitrogen and oxygen atoms in total. The minimum absolute atomic E-state index is 0.178. The molecule has 0 aliphatic rings. The maximum atomic E-state index is 13.3. The minimum atomic E-state index is -0.384. The maximum Gasteiger partial charge on any atom is 0.254 e. The molecule has 0 spiro atoms. The average molecular weight is 547 g/mol. The van der Waals surface area contributed by atoms with Gasteiger partial charge in [0.2, 0.25) is 11.9 Å². The maximum absolute atomic E-state index is 13.3. The Balaban J connectivity index is 1.63. The predicted octanol–water partition coefficient (Wildman–Crippen LogP) is 5.55. The SMILES string of the molecule is COCCN(CC(=O)Nc1nc(-c2ccc(OC)cc2)cn1-c1ccc(C)c(C)c1)C(=O)c1ccc(Cl)cc1. The van der Waals surface area contributed by atoms with Gasteiger partial charge in [-0.05, 0) is 85.6 Å². The number of anilines is 1. The number of carbonyl (C=O) groups is 2. The second-order valence-electron chi connectivity index (χ2n) is 9.09. The predicted molar refractivity (Wildman–Crippen MR) is 153 cm³/mol. The highest BCUT2D eigenvalue weighted by molar-refractivity contribution is 6.30. The molecule has 0 atom stereocenters. The summed E-state index contributed by atoms with van der Waals surface area (Å²) in [6.07, 6.45) is 1.88. The summed E-state index contributed by atoms with van der Waals surface area (Å²) in [7, 11) is 3.16. The molecule has 4 rings (SSSR count). The summed E-state index contributed by atoms with van der Waals surface area (Å²) < 4.78 is 12.3. The number of nitrogens with zero attached hydrogens (tertiary/aromatic N) is 3. The van der Waals surface area contributed by atoms with E-state index < -0.39 is 0 Å². The van der Waals surface area contributed by atoms with Crippen molar-refractivity contribution in [2.75, 3.05) is 39.2 Å². The number of amides is 2.